The Hall–Kier alpha value is -1.35. The molecule has 1 heterocycles. The van der Waals surface area contributed by atoms with E-state index in [0.29, 0.717) is 0 Å². The summed E-state index contributed by atoms with van der Waals surface area (Å²) in [6.45, 7) is 7.06. The molecule has 1 fully saturated rings. The molecule has 0 saturated carbocycles. The van der Waals surface area contributed by atoms with Gasteiger partial charge in [0.1, 0.15) is 0 Å². The molecule has 1 aromatic rings. The number of rotatable bonds is 2. The van der Waals surface area contributed by atoms with Crippen LogP contribution >= 0.6 is 0 Å². The minimum absolute atomic E-state index is 0.0917. The van der Waals surface area contributed by atoms with Crippen LogP contribution in [0.4, 0.5) is 5.69 Å². The van der Waals surface area contributed by atoms with Crippen molar-refractivity contribution >= 4 is 11.6 Å². The van der Waals surface area contributed by atoms with Gasteiger partial charge in [0, 0.05) is 11.7 Å². The molecule has 1 aliphatic rings. The van der Waals surface area contributed by atoms with E-state index in [0.717, 1.165) is 29.8 Å². The molecule has 1 saturated heterocycles. The molecule has 2 unspecified atom stereocenters. The maximum absolute atomic E-state index is 12.2. The van der Waals surface area contributed by atoms with E-state index in [9.17, 15) is 4.79 Å². The Bertz CT molecular complexity index is 408. The Morgan fingerprint density at radius 2 is 2.00 bits per heavy atom. The third kappa shape index (κ3) is 2.50. The zero-order chi connectivity index (χ0) is 12.4. The molecule has 2 atom stereocenters. The highest BCUT2D eigenvalue weighted by atomic mass is 16.1. The number of anilines is 1. The highest BCUT2D eigenvalue weighted by Crippen LogP contribution is 2.22. The molecule has 1 aliphatic heterocycles. The molecule has 3 heteroatoms. The third-order valence-corrected chi connectivity index (χ3v) is 3.59. The summed E-state index contributed by atoms with van der Waals surface area (Å²) in [4.78, 5) is 12.2. The lowest BCUT2D eigenvalue weighted by Crippen LogP contribution is -2.32. The molecule has 0 bridgehead atoms. The summed E-state index contributed by atoms with van der Waals surface area (Å²) >= 11 is 0. The lowest BCUT2D eigenvalue weighted by Gasteiger charge is -2.17. The largest absolute Gasteiger partial charge is 0.325 e. The van der Waals surface area contributed by atoms with Crippen LogP contribution in [-0.2, 0) is 4.79 Å². The number of nitrogens with one attached hydrogen (secondary N) is 2. The fraction of sp³-hybridized carbons (Fsp3) is 0.500. The summed E-state index contributed by atoms with van der Waals surface area (Å²) < 4.78 is 0. The number of amides is 1. The molecule has 2 rings (SSSR count). The number of carbonyl (C=O) groups is 1. The smallest absolute Gasteiger partial charge is 0.229 e. The highest BCUT2D eigenvalue weighted by molar-refractivity contribution is 5.94. The number of benzene rings is 1. The summed E-state index contributed by atoms with van der Waals surface area (Å²) in [5.41, 5.74) is 3.21. The second-order valence-corrected chi connectivity index (χ2v) is 4.89. The van der Waals surface area contributed by atoms with Gasteiger partial charge in [0.25, 0.3) is 0 Å². The molecule has 17 heavy (non-hydrogen) atoms. The van der Waals surface area contributed by atoms with Gasteiger partial charge in [-0.2, -0.15) is 0 Å². The first-order valence-corrected chi connectivity index (χ1v) is 6.20. The number of hydrogen-bond donors (Lipinski definition) is 2. The van der Waals surface area contributed by atoms with Gasteiger partial charge in [-0.15, -0.1) is 0 Å². The van der Waals surface area contributed by atoms with E-state index < -0.39 is 0 Å². The van der Waals surface area contributed by atoms with Gasteiger partial charge in [-0.3, -0.25) is 4.79 Å². The molecule has 2 N–H and O–H groups in total. The van der Waals surface area contributed by atoms with Gasteiger partial charge in [-0.05, 0) is 44.9 Å². The van der Waals surface area contributed by atoms with Gasteiger partial charge in [-0.1, -0.05) is 18.2 Å². The molecule has 0 aromatic heterocycles. The fourth-order valence-corrected chi connectivity index (χ4v) is 2.44. The summed E-state index contributed by atoms with van der Waals surface area (Å²) in [7, 11) is 0. The van der Waals surface area contributed by atoms with Crippen molar-refractivity contribution in [2.45, 2.75) is 33.2 Å². The van der Waals surface area contributed by atoms with Crippen LogP contribution in [0.25, 0.3) is 0 Å². The van der Waals surface area contributed by atoms with Crippen LogP contribution in [0.15, 0.2) is 18.2 Å². The second kappa shape index (κ2) is 4.88. The molecule has 92 valence electrons. The highest BCUT2D eigenvalue weighted by Gasteiger charge is 2.29. The SMILES string of the molecule is Cc1cccc(C)c1NC(=O)C1CCNC1C. The maximum Gasteiger partial charge on any atom is 0.229 e. The third-order valence-electron chi connectivity index (χ3n) is 3.59. The van der Waals surface area contributed by atoms with E-state index in [-0.39, 0.29) is 17.9 Å². The molecular weight excluding hydrogens is 212 g/mol. The summed E-state index contributed by atoms with van der Waals surface area (Å²) in [6.07, 6.45) is 0.929. The molecular formula is C14H20N2O. The van der Waals surface area contributed by atoms with E-state index in [1.807, 2.05) is 32.0 Å². The van der Waals surface area contributed by atoms with Crippen LogP contribution in [0.5, 0.6) is 0 Å². The van der Waals surface area contributed by atoms with E-state index in [1.54, 1.807) is 0 Å². The quantitative estimate of drug-likeness (QED) is 0.821. The topological polar surface area (TPSA) is 41.1 Å². The van der Waals surface area contributed by atoms with Crippen molar-refractivity contribution in [3.05, 3.63) is 29.3 Å². The van der Waals surface area contributed by atoms with Gasteiger partial charge in [0.2, 0.25) is 5.91 Å². The van der Waals surface area contributed by atoms with Crippen molar-refractivity contribution in [3.63, 3.8) is 0 Å². The van der Waals surface area contributed by atoms with Crippen LogP contribution < -0.4 is 10.6 Å². The standard InChI is InChI=1S/C14H20N2O/c1-9-5-4-6-10(2)13(9)16-14(17)12-7-8-15-11(12)3/h4-6,11-12,15H,7-8H2,1-3H3,(H,16,17). The van der Waals surface area contributed by atoms with E-state index in [1.165, 1.54) is 0 Å². The zero-order valence-corrected chi connectivity index (χ0v) is 10.7. The first kappa shape index (κ1) is 12.1. The van der Waals surface area contributed by atoms with Crippen molar-refractivity contribution in [2.24, 2.45) is 5.92 Å². The zero-order valence-electron chi connectivity index (χ0n) is 10.7. The Balaban J connectivity index is 2.13. The number of aryl methyl sites for hydroxylation is 2. The minimum Gasteiger partial charge on any atom is -0.325 e. The fourth-order valence-electron chi connectivity index (χ4n) is 2.44. The van der Waals surface area contributed by atoms with Crippen molar-refractivity contribution in [3.8, 4) is 0 Å². The average molecular weight is 232 g/mol. The molecule has 1 amide bonds. The number of carbonyl (C=O) groups excluding carboxylic acids is 1. The van der Waals surface area contributed by atoms with Gasteiger partial charge in [-0.25, -0.2) is 0 Å². The second-order valence-electron chi connectivity index (χ2n) is 4.89. The van der Waals surface area contributed by atoms with Crippen LogP contribution in [0.2, 0.25) is 0 Å². The summed E-state index contributed by atoms with van der Waals surface area (Å²) in [5, 5.41) is 6.38. The Morgan fingerprint density at radius 1 is 1.35 bits per heavy atom. The number of hydrogen-bond acceptors (Lipinski definition) is 2. The molecule has 1 aromatic carbocycles. The van der Waals surface area contributed by atoms with Crippen molar-refractivity contribution in [1.82, 2.24) is 5.32 Å². The van der Waals surface area contributed by atoms with Gasteiger partial charge in [0.05, 0.1) is 5.92 Å². The maximum atomic E-state index is 12.2. The normalized spacial score (nSPS) is 23.7. The van der Waals surface area contributed by atoms with Gasteiger partial charge in [0.15, 0.2) is 0 Å². The minimum atomic E-state index is 0.0917. The Morgan fingerprint density at radius 3 is 2.53 bits per heavy atom. The lowest BCUT2D eigenvalue weighted by molar-refractivity contribution is -0.120. The van der Waals surface area contributed by atoms with Crippen LogP contribution in [0, 0.1) is 19.8 Å². The summed E-state index contributed by atoms with van der Waals surface area (Å²) in [6, 6.07) is 6.34. The van der Waals surface area contributed by atoms with Crippen molar-refractivity contribution in [2.75, 3.05) is 11.9 Å². The molecule has 0 aliphatic carbocycles. The van der Waals surface area contributed by atoms with Crippen molar-refractivity contribution < 1.29 is 4.79 Å². The van der Waals surface area contributed by atoms with Gasteiger partial charge < -0.3 is 10.6 Å². The Labute approximate surface area is 103 Å². The molecule has 3 nitrogen and oxygen atoms in total. The van der Waals surface area contributed by atoms with Crippen LogP contribution in [-0.4, -0.2) is 18.5 Å². The van der Waals surface area contributed by atoms with E-state index in [4.69, 9.17) is 0 Å². The summed E-state index contributed by atoms with van der Waals surface area (Å²) in [5.74, 6) is 0.230. The van der Waals surface area contributed by atoms with Crippen LogP contribution in [0.1, 0.15) is 24.5 Å². The van der Waals surface area contributed by atoms with E-state index in [2.05, 4.69) is 17.6 Å². The lowest BCUT2D eigenvalue weighted by atomic mass is 10.0. The molecule has 0 radical (unpaired) electrons. The monoisotopic (exact) mass is 232 g/mol. The first-order chi connectivity index (χ1) is 8.09. The van der Waals surface area contributed by atoms with E-state index >= 15 is 0 Å². The van der Waals surface area contributed by atoms with Crippen molar-refractivity contribution in [1.29, 1.82) is 0 Å². The van der Waals surface area contributed by atoms with Crippen LogP contribution in [0.3, 0.4) is 0 Å². The number of para-hydroxylation sites is 1. The predicted molar refractivity (Wildman–Crippen MR) is 70.1 cm³/mol. The first-order valence-electron chi connectivity index (χ1n) is 6.20. The Kier molecular flexibility index (Phi) is 3.48. The molecule has 0 spiro atoms. The average Bonchev–Trinajstić information content (AvgIpc) is 2.70. The van der Waals surface area contributed by atoms with Gasteiger partial charge >= 0.3 is 0 Å². The predicted octanol–water partition coefficient (Wildman–Crippen LogP) is 2.24.